The number of aromatic nitrogens is 2. The van der Waals surface area contributed by atoms with E-state index in [0.29, 0.717) is 28.5 Å². The van der Waals surface area contributed by atoms with E-state index in [9.17, 15) is 9.59 Å². The minimum atomic E-state index is -0.0736. The van der Waals surface area contributed by atoms with Crippen LogP contribution >= 0.6 is 23.1 Å². The molecule has 0 saturated heterocycles. The zero-order valence-electron chi connectivity index (χ0n) is 13.0. The molecule has 0 aromatic carbocycles. The minimum absolute atomic E-state index is 0.0241. The Morgan fingerprint density at radius 2 is 2.27 bits per heavy atom. The molecule has 5 nitrogen and oxygen atoms in total. The lowest BCUT2D eigenvalue weighted by Gasteiger charge is -2.20. The first kappa shape index (κ1) is 16.8. The highest BCUT2D eigenvalue weighted by molar-refractivity contribution is 7.99. The van der Waals surface area contributed by atoms with Gasteiger partial charge in [0.2, 0.25) is 5.91 Å². The third-order valence-electron chi connectivity index (χ3n) is 3.18. The normalized spacial score (nSPS) is 10.9. The van der Waals surface area contributed by atoms with Crippen molar-refractivity contribution >= 4 is 39.2 Å². The van der Waals surface area contributed by atoms with Gasteiger partial charge in [-0.05, 0) is 25.3 Å². The summed E-state index contributed by atoms with van der Waals surface area (Å²) in [4.78, 5) is 31.4. The second-order valence-corrected chi connectivity index (χ2v) is 6.89. The number of likely N-dealkylation sites (N-methyl/N-ethyl adjacent to an activating group) is 1. The molecule has 2 heterocycles. The van der Waals surface area contributed by atoms with Crippen molar-refractivity contribution in [1.82, 2.24) is 14.5 Å². The highest BCUT2D eigenvalue weighted by Gasteiger charge is 2.15. The number of nitrogens with zero attached hydrogens (tertiary/aromatic N) is 3. The van der Waals surface area contributed by atoms with E-state index in [-0.39, 0.29) is 17.2 Å². The number of carbonyl (C=O) groups excluding carboxylic acids is 1. The number of amides is 1. The Morgan fingerprint density at radius 3 is 2.91 bits per heavy atom. The molecule has 0 saturated carbocycles. The molecular formula is C15H19N3O2S2. The van der Waals surface area contributed by atoms with Gasteiger partial charge >= 0.3 is 0 Å². The van der Waals surface area contributed by atoms with Crippen LogP contribution in [0, 0.1) is 0 Å². The lowest BCUT2D eigenvalue weighted by Crippen LogP contribution is -2.33. The average molecular weight is 337 g/mol. The van der Waals surface area contributed by atoms with Crippen molar-refractivity contribution in [2.24, 2.45) is 7.05 Å². The van der Waals surface area contributed by atoms with E-state index in [1.54, 1.807) is 18.0 Å². The van der Waals surface area contributed by atoms with Gasteiger partial charge in [0.15, 0.2) is 5.16 Å². The van der Waals surface area contributed by atoms with Gasteiger partial charge in [-0.3, -0.25) is 14.2 Å². The predicted octanol–water partition coefficient (Wildman–Crippen LogP) is 2.51. The number of fused-ring (bicyclic) bond motifs is 1. The molecule has 0 aliphatic heterocycles. The van der Waals surface area contributed by atoms with E-state index in [4.69, 9.17) is 0 Å². The lowest BCUT2D eigenvalue weighted by atomic mass is 10.3. The van der Waals surface area contributed by atoms with Gasteiger partial charge in [-0.15, -0.1) is 11.3 Å². The van der Waals surface area contributed by atoms with Crippen molar-refractivity contribution in [2.45, 2.75) is 19.0 Å². The van der Waals surface area contributed by atoms with Crippen molar-refractivity contribution in [3.8, 4) is 0 Å². The van der Waals surface area contributed by atoms with E-state index >= 15 is 0 Å². The molecule has 0 bridgehead atoms. The third kappa shape index (κ3) is 3.59. The van der Waals surface area contributed by atoms with Crippen molar-refractivity contribution in [1.29, 1.82) is 0 Å². The van der Waals surface area contributed by atoms with E-state index in [0.717, 1.165) is 5.57 Å². The Balaban J connectivity index is 2.14. The molecule has 2 aromatic rings. The average Bonchev–Trinajstić information content (AvgIpc) is 2.94. The maximum atomic E-state index is 12.2. The van der Waals surface area contributed by atoms with Gasteiger partial charge in [-0.2, -0.15) is 0 Å². The molecule has 0 radical (unpaired) electrons. The molecule has 0 spiro atoms. The quantitative estimate of drug-likeness (QED) is 0.462. The largest absolute Gasteiger partial charge is 0.338 e. The molecule has 0 aliphatic rings. The van der Waals surface area contributed by atoms with E-state index in [2.05, 4.69) is 11.6 Å². The Morgan fingerprint density at radius 1 is 1.55 bits per heavy atom. The summed E-state index contributed by atoms with van der Waals surface area (Å²) in [6, 6.07) is 1.78. The monoisotopic (exact) mass is 337 g/mol. The summed E-state index contributed by atoms with van der Waals surface area (Å²) in [5.74, 6) is 0.286. The fourth-order valence-electron chi connectivity index (χ4n) is 2.03. The molecule has 1 amide bonds. The molecular weight excluding hydrogens is 318 g/mol. The van der Waals surface area contributed by atoms with Gasteiger partial charge in [0, 0.05) is 20.1 Å². The molecule has 0 unspecified atom stereocenters. The number of hydrogen-bond acceptors (Lipinski definition) is 5. The van der Waals surface area contributed by atoms with E-state index < -0.39 is 0 Å². The molecule has 0 aliphatic carbocycles. The van der Waals surface area contributed by atoms with Gasteiger partial charge < -0.3 is 4.90 Å². The van der Waals surface area contributed by atoms with Crippen LogP contribution in [0.5, 0.6) is 0 Å². The van der Waals surface area contributed by atoms with Crippen LogP contribution in [0.15, 0.2) is 33.5 Å². The van der Waals surface area contributed by atoms with Crippen LogP contribution in [0.2, 0.25) is 0 Å². The highest BCUT2D eigenvalue weighted by Crippen LogP contribution is 2.20. The Hall–Kier alpha value is -1.60. The fraction of sp³-hybridized carbons (Fsp3) is 0.400. The molecule has 2 rings (SSSR count). The van der Waals surface area contributed by atoms with Crippen LogP contribution in [0.3, 0.4) is 0 Å². The van der Waals surface area contributed by atoms with Crippen molar-refractivity contribution in [2.75, 3.05) is 18.8 Å². The van der Waals surface area contributed by atoms with E-state index in [1.807, 2.05) is 19.2 Å². The maximum Gasteiger partial charge on any atom is 0.262 e. The van der Waals surface area contributed by atoms with Crippen LogP contribution in [-0.2, 0) is 11.8 Å². The van der Waals surface area contributed by atoms with Gasteiger partial charge in [-0.1, -0.05) is 23.9 Å². The number of thioether (sulfide) groups is 1. The van der Waals surface area contributed by atoms with Crippen molar-refractivity contribution in [3.05, 3.63) is 34.0 Å². The fourth-order valence-corrected chi connectivity index (χ4v) is 3.71. The maximum absolute atomic E-state index is 12.2. The van der Waals surface area contributed by atoms with Crippen LogP contribution in [0.25, 0.3) is 10.2 Å². The molecule has 2 aromatic heterocycles. The molecule has 118 valence electrons. The number of hydrogen-bond donors (Lipinski definition) is 0. The van der Waals surface area contributed by atoms with Crippen LogP contribution < -0.4 is 5.56 Å². The molecule has 0 N–H and O–H groups in total. The van der Waals surface area contributed by atoms with Crippen LogP contribution in [0.1, 0.15) is 13.8 Å². The summed E-state index contributed by atoms with van der Waals surface area (Å²) in [5.41, 5.74) is 0.876. The molecule has 7 heteroatoms. The smallest absolute Gasteiger partial charge is 0.262 e. The third-order valence-corrected chi connectivity index (χ3v) is 5.01. The van der Waals surface area contributed by atoms with E-state index in [1.165, 1.54) is 27.7 Å². The highest BCUT2D eigenvalue weighted by atomic mass is 32.2. The summed E-state index contributed by atoms with van der Waals surface area (Å²) in [6.45, 7) is 8.89. The summed E-state index contributed by atoms with van der Waals surface area (Å²) in [7, 11) is 1.69. The Kier molecular flexibility index (Phi) is 5.42. The summed E-state index contributed by atoms with van der Waals surface area (Å²) in [6.07, 6.45) is 0. The van der Waals surface area contributed by atoms with Gasteiger partial charge in [0.05, 0.1) is 11.1 Å². The Bertz CT molecular complexity index is 764. The van der Waals surface area contributed by atoms with Crippen LogP contribution in [0.4, 0.5) is 0 Å². The zero-order chi connectivity index (χ0) is 16.3. The second-order valence-electron chi connectivity index (χ2n) is 5.05. The lowest BCUT2D eigenvalue weighted by molar-refractivity contribution is -0.127. The summed E-state index contributed by atoms with van der Waals surface area (Å²) >= 11 is 2.73. The standard InChI is InChI=1S/C15H19N3O2S2/c1-5-18(8-10(2)3)12(19)9-22-15-16-13-11(6-7-21-13)14(20)17(15)4/h6-7H,2,5,8-9H2,1,3-4H3. The molecule has 22 heavy (non-hydrogen) atoms. The molecule has 0 fully saturated rings. The topological polar surface area (TPSA) is 55.2 Å². The first-order chi connectivity index (χ1) is 10.4. The van der Waals surface area contributed by atoms with Crippen LogP contribution in [-0.4, -0.2) is 39.2 Å². The van der Waals surface area contributed by atoms with Crippen molar-refractivity contribution < 1.29 is 4.79 Å². The SMILES string of the molecule is C=C(C)CN(CC)C(=O)CSc1nc2sccc2c(=O)n1C. The number of rotatable bonds is 6. The summed E-state index contributed by atoms with van der Waals surface area (Å²) in [5, 5.41) is 3.05. The minimum Gasteiger partial charge on any atom is -0.338 e. The Labute approximate surface area is 137 Å². The van der Waals surface area contributed by atoms with Gasteiger partial charge in [0.25, 0.3) is 5.56 Å². The second kappa shape index (κ2) is 7.11. The van der Waals surface area contributed by atoms with Gasteiger partial charge in [0.1, 0.15) is 4.83 Å². The zero-order valence-corrected chi connectivity index (χ0v) is 14.6. The van der Waals surface area contributed by atoms with Gasteiger partial charge in [-0.25, -0.2) is 4.98 Å². The summed E-state index contributed by atoms with van der Waals surface area (Å²) < 4.78 is 1.50. The first-order valence-corrected chi connectivity index (χ1v) is 8.79. The first-order valence-electron chi connectivity index (χ1n) is 6.93. The molecule has 0 atom stereocenters. The number of thiophene rings is 1. The van der Waals surface area contributed by atoms with Crippen molar-refractivity contribution in [3.63, 3.8) is 0 Å². The predicted molar refractivity (Wildman–Crippen MR) is 92.7 cm³/mol. The number of carbonyl (C=O) groups is 1.